The summed E-state index contributed by atoms with van der Waals surface area (Å²) in [7, 11) is 0. The molecule has 0 atom stereocenters. The summed E-state index contributed by atoms with van der Waals surface area (Å²) in [6, 6.07) is 0. The third-order valence-corrected chi connectivity index (χ3v) is 0. The predicted molar refractivity (Wildman–Crippen MR) is 1.80 cm³/mol. The molecule has 0 saturated carbocycles. The molecule has 0 heterocycles. The molecule has 29 valence electrons. The summed E-state index contributed by atoms with van der Waals surface area (Å²) < 4.78 is 7.88. The van der Waals surface area contributed by atoms with Gasteiger partial charge in [-0.3, -0.25) is 0 Å². The summed E-state index contributed by atoms with van der Waals surface area (Å²) in [6.07, 6.45) is 0. The molecule has 0 aromatic carbocycles. The topological polar surface area (TPSA) is 17.1 Å². The van der Waals surface area contributed by atoms with Crippen LogP contribution in [0, 0.1) is 0 Å². The molecule has 0 spiro atoms. The molecule has 1 nitrogen and oxygen atoms in total. The molecular weight excluding hydrogens is 145 g/mol. The van der Waals surface area contributed by atoms with Crippen LogP contribution in [0.25, 0.3) is 0 Å². The standard InChI is InChI=1S/Cu.Li.Ni.O.H/q;+1;;;-1. The van der Waals surface area contributed by atoms with Crippen molar-refractivity contribution in [3.05, 3.63) is 0 Å². The predicted octanol–water partition coefficient (Wildman–Crippen LogP) is -3.01. The fourth-order valence-electron chi connectivity index (χ4n) is 0. The van der Waals surface area contributed by atoms with Crippen molar-refractivity contribution < 1.29 is 56.6 Å². The summed E-state index contributed by atoms with van der Waals surface area (Å²) in [5.74, 6) is 0. The van der Waals surface area contributed by atoms with Crippen molar-refractivity contribution in [2.45, 2.75) is 0 Å². The van der Waals surface area contributed by atoms with Gasteiger partial charge < -0.3 is 1.43 Å². The van der Waals surface area contributed by atoms with Gasteiger partial charge in [0.15, 0.2) is 0 Å². The molecule has 1 radical (unpaired) electrons. The maximum atomic E-state index is 7.88. The van der Waals surface area contributed by atoms with Crippen molar-refractivity contribution in [2.24, 2.45) is 0 Å². The molecule has 0 aliphatic rings. The van der Waals surface area contributed by atoms with Gasteiger partial charge in [-0.15, -0.1) is 0 Å². The Kier molecular flexibility index (Phi) is 117. The van der Waals surface area contributed by atoms with E-state index in [0.29, 0.717) is 0 Å². The molecule has 0 saturated heterocycles. The van der Waals surface area contributed by atoms with Crippen LogP contribution in [0.5, 0.6) is 0 Å². The number of hydrogen-bond acceptors (Lipinski definition) is 1. The maximum absolute atomic E-state index is 7.88. The second kappa shape index (κ2) is 25.8. The van der Waals surface area contributed by atoms with Crippen LogP contribution < -0.4 is 18.9 Å². The van der Waals surface area contributed by atoms with Gasteiger partial charge in [-0.25, -0.2) is 0 Å². The molecule has 0 rings (SSSR count). The first kappa shape index (κ1) is 18.1. The van der Waals surface area contributed by atoms with Crippen molar-refractivity contribution in [1.82, 2.24) is 0 Å². The van der Waals surface area contributed by atoms with Crippen molar-refractivity contribution in [3.8, 4) is 0 Å². The van der Waals surface area contributed by atoms with Crippen LogP contribution in [0.1, 0.15) is 1.43 Å². The van der Waals surface area contributed by atoms with Crippen LogP contribution in [0.3, 0.4) is 0 Å². The van der Waals surface area contributed by atoms with Crippen molar-refractivity contribution >= 4 is 0 Å². The van der Waals surface area contributed by atoms with Gasteiger partial charge >= 0.3 is 38.1 Å². The van der Waals surface area contributed by atoms with E-state index in [2.05, 4.69) is 15.4 Å². The van der Waals surface area contributed by atoms with Crippen LogP contribution in [0.4, 0.5) is 0 Å². The summed E-state index contributed by atoms with van der Waals surface area (Å²) in [4.78, 5) is 0. The molecule has 4 heteroatoms. The minimum absolute atomic E-state index is 0. The summed E-state index contributed by atoms with van der Waals surface area (Å²) in [5, 5.41) is 0. The van der Waals surface area contributed by atoms with E-state index in [0.717, 1.165) is 0 Å². The second-order valence-corrected chi connectivity index (χ2v) is 0. The van der Waals surface area contributed by atoms with Crippen molar-refractivity contribution in [2.75, 3.05) is 0 Å². The molecule has 0 aliphatic heterocycles. The minimum atomic E-state index is 0. The van der Waals surface area contributed by atoms with E-state index >= 15 is 0 Å². The first-order valence-corrected chi connectivity index (χ1v) is 0.532. The van der Waals surface area contributed by atoms with Gasteiger partial charge in [0, 0.05) is 17.1 Å². The fraction of sp³-hybridized carbons (Fsp3) is 0. The first-order valence-electron chi connectivity index (χ1n) is 0.129. The van der Waals surface area contributed by atoms with Gasteiger partial charge in [0.1, 0.15) is 0 Å². The average Bonchev–Trinajstić information content (AvgIpc) is 1.00. The quantitative estimate of drug-likeness (QED) is 0.333. The second-order valence-electron chi connectivity index (χ2n) is 0. The van der Waals surface area contributed by atoms with E-state index in [1.807, 2.05) is 0 Å². The Morgan fingerprint density at radius 3 is 1.50 bits per heavy atom. The number of hydrogen-bond donors (Lipinski definition) is 0. The van der Waals surface area contributed by atoms with Crippen LogP contribution in [0.2, 0.25) is 0 Å². The zero-order valence-electron chi connectivity index (χ0n) is 3.03. The summed E-state index contributed by atoms with van der Waals surface area (Å²) >= 11 is 2.62. The fourth-order valence-corrected chi connectivity index (χ4v) is 0. The van der Waals surface area contributed by atoms with Crippen LogP contribution >= 0.6 is 0 Å². The summed E-state index contributed by atoms with van der Waals surface area (Å²) in [6.45, 7) is 0. The van der Waals surface area contributed by atoms with E-state index in [-0.39, 0.29) is 37.4 Å². The molecule has 0 N–H and O–H groups in total. The molecule has 4 heavy (non-hydrogen) atoms. The molecule has 0 unspecified atom stereocenters. The monoisotopic (exact) mass is 145 g/mol. The third-order valence-electron chi connectivity index (χ3n) is 0. The average molecular weight is 146 g/mol. The van der Waals surface area contributed by atoms with Crippen molar-refractivity contribution in [1.29, 1.82) is 0 Å². The Hall–Kier alpha value is 1.41. The van der Waals surface area contributed by atoms with Crippen LogP contribution in [0.15, 0.2) is 0 Å². The SMILES string of the molecule is [Cu].[H-].[Li+].[O]=[Ni]. The normalized spacial score (nSPS) is 1.50. The van der Waals surface area contributed by atoms with Gasteiger partial charge in [-0.2, -0.15) is 0 Å². The zero-order valence-corrected chi connectivity index (χ0v) is 3.96. The Balaban J connectivity index is -0.00000000167. The van der Waals surface area contributed by atoms with E-state index in [9.17, 15) is 0 Å². The first-order chi connectivity index (χ1) is 1.00. The van der Waals surface area contributed by atoms with Gasteiger partial charge in [0.05, 0.1) is 0 Å². The molecule has 0 amide bonds. The van der Waals surface area contributed by atoms with E-state index in [1.165, 1.54) is 0 Å². The van der Waals surface area contributed by atoms with Gasteiger partial charge in [0.25, 0.3) is 0 Å². The van der Waals surface area contributed by atoms with E-state index in [1.54, 1.807) is 0 Å². The Labute approximate surface area is 56.6 Å². The number of rotatable bonds is 0. The zero-order chi connectivity index (χ0) is 2.00. The molecule has 0 bridgehead atoms. The molecular formula is HCuLiNiO. The van der Waals surface area contributed by atoms with E-state index < -0.39 is 0 Å². The van der Waals surface area contributed by atoms with E-state index in [4.69, 9.17) is 3.90 Å². The van der Waals surface area contributed by atoms with Gasteiger partial charge in [-0.1, -0.05) is 0 Å². The Morgan fingerprint density at radius 2 is 1.50 bits per heavy atom. The molecule has 0 fully saturated rings. The Morgan fingerprint density at radius 1 is 1.50 bits per heavy atom. The third kappa shape index (κ3) is 9.96. The Bertz CT molecular complexity index is 11.6. The van der Waals surface area contributed by atoms with Crippen LogP contribution in [-0.2, 0) is 36.4 Å². The van der Waals surface area contributed by atoms with Crippen molar-refractivity contribution in [3.63, 3.8) is 0 Å². The summed E-state index contributed by atoms with van der Waals surface area (Å²) in [5.41, 5.74) is 0. The van der Waals surface area contributed by atoms with Gasteiger partial charge in [0.2, 0.25) is 0 Å². The molecule has 0 aliphatic carbocycles. The molecule has 0 aromatic heterocycles. The van der Waals surface area contributed by atoms with Gasteiger partial charge in [-0.05, 0) is 0 Å². The molecule has 0 aromatic rings. The van der Waals surface area contributed by atoms with Crippen LogP contribution in [-0.4, -0.2) is 0 Å².